The molecule has 4 nitrogen and oxygen atoms in total. The number of thiazole rings is 1. The fraction of sp³-hybridized carbons (Fsp3) is 0.250. The Kier molecular flexibility index (Phi) is 3.51. The van der Waals surface area contributed by atoms with Crippen molar-refractivity contribution in [1.29, 1.82) is 0 Å². The van der Waals surface area contributed by atoms with Gasteiger partial charge in [0, 0.05) is 16.0 Å². The van der Waals surface area contributed by atoms with E-state index in [2.05, 4.69) is 22.2 Å². The lowest BCUT2D eigenvalue weighted by molar-refractivity contribution is 0.882. The van der Waals surface area contributed by atoms with Gasteiger partial charge in [-0.15, -0.1) is 11.3 Å². The first kappa shape index (κ1) is 13.8. The predicted molar refractivity (Wildman–Crippen MR) is 89.8 cm³/mol. The van der Waals surface area contributed by atoms with Gasteiger partial charge in [-0.1, -0.05) is 0 Å². The Balaban J connectivity index is 1.87. The summed E-state index contributed by atoms with van der Waals surface area (Å²) in [7, 11) is 0. The second-order valence-corrected chi connectivity index (χ2v) is 6.43. The number of nitrogen functional groups attached to an aromatic ring is 1. The largest absolute Gasteiger partial charge is 0.399 e. The molecule has 0 saturated carbocycles. The van der Waals surface area contributed by atoms with Gasteiger partial charge in [0.1, 0.15) is 5.82 Å². The van der Waals surface area contributed by atoms with E-state index in [0.29, 0.717) is 0 Å². The number of nitrogens with zero attached hydrogens (tertiary/aromatic N) is 2. The van der Waals surface area contributed by atoms with Crippen molar-refractivity contribution in [3.63, 3.8) is 0 Å². The molecule has 108 valence electrons. The maximum Gasteiger partial charge on any atom is 0.127 e. The topological polar surface area (TPSA) is 63.8 Å². The summed E-state index contributed by atoms with van der Waals surface area (Å²) in [4.78, 5) is 10.4. The molecule has 3 N–H and O–H groups in total. The summed E-state index contributed by atoms with van der Waals surface area (Å²) >= 11 is 1.73. The maximum absolute atomic E-state index is 5.79. The summed E-state index contributed by atoms with van der Waals surface area (Å²) in [5.41, 5.74) is 8.58. The molecule has 0 radical (unpaired) electrons. The standard InChI is InChI=1S/C16H18N4S/c1-9-16(21-11(3)18-9)10(2)19-15-7-4-12-8-13(17)5-6-14(12)20-15/h4-8,10H,17H2,1-3H3,(H,19,20). The van der Waals surface area contributed by atoms with Crippen LogP contribution in [0.25, 0.3) is 10.9 Å². The molecule has 3 rings (SSSR count). The Morgan fingerprint density at radius 3 is 2.67 bits per heavy atom. The molecule has 21 heavy (non-hydrogen) atoms. The number of rotatable bonds is 3. The van der Waals surface area contributed by atoms with E-state index in [9.17, 15) is 0 Å². The molecular formula is C16H18N4S. The van der Waals surface area contributed by atoms with Gasteiger partial charge in [-0.25, -0.2) is 9.97 Å². The fourth-order valence-corrected chi connectivity index (χ4v) is 3.39. The number of hydrogen-bond donors (Lipinski definition) is 2. The average molecular weight is 298 g/mol. The number of aromatic nitrogens is 2. The number of fused-ring (bicyclic) bond motifs is 1. The zero-order valence-corrected chi connectivity index (χ0v) is 13.2. The lowest BCUT2D eigenvalue weighted by atomic mass is 10.2. The average Bonchev–Trinajstić information content (AvgIpc) is 2.78. The van der Waals surface area contributed by atoms with E-state index in [-0.39, 0.29) is 6.04 Å². The summed E-state index contributed by atoms with van der Waals surface area (Å²) in [6.07, 6.45) is 0. The quantitative estimate of drug-likeness (QED) is 0.716. The van der Waals surface area contributed by atoms with Crippen molar-refractivity contribution >= 4 is 33.7 Å². The maximum atomic E-state index is 5.79. The van der Waals surface area contributed by atoms with Gasteiger partial charge in [0.15, 0.2) is 0 Å². The van der Waals surface area contributed by atoms with Crippen molar-refractivity contribution in [2.24, 2.45) is 0 Å². The van der Waals surface area contributed by atoms with Crippen LogP contribution in [0.4, 0.5) is 11.5 Å². The van der Waals surface area contributed by atoms with Gasteiger partial charge < -0.3 is 11.1 Å². The van der Waals surface area contributed by atoms with Crippen LogP contribution in [0.1, 0.15) is 28.5 Å². The fourth-order valence-electron chi connectivity index (χ4n) is 2.46. The number of nitrogens with two attached hydrogens (primary N) is 1. The molecule has 1 atom stereocenters. The van der Waals surface area contributed by atoms with Crippen molar-refractivity contribution in [2.45, 2.75) is 26.8 Å². The molecule has 1 unspecified atom stereocenters. The Hall–Kier alpha value is -2.14. The molecule has 0 saturated heterocycles. The van der Waals surface area contributed by atoms with E-state index < -0.39 is 0 Å². The molecule has 0 aliphatic rings. The van der Waals surface area contributed by atoms with E-state index >= 15 is 0 Å². The highest BCUT2D eigenvalue weighted by molar-refractivity contribution is 7.11. The number of benzene rings is 1. The first-order valence-electron chi connectivity index (χ1n) is 6.89. The molecule has 0 amide bonds. The smallest absolute Gasteiger partial charge is 0.127 e. The molecule has 0 bridgehead atoms. The second-order valence-electron chi connectivity index (χ2n) is 5.20. The Morgan fingerprint density at radius 1 is 1.14 bits per heavy atom. The monoisotopic (exact) mass is 298 g/mol. The normalized spacial score (nSPS) is 12.5. The summed E-state index contributed by atoms with van der Waals surface area (Å²) < 4.78 is 0. The Morgan fingerprint density at radius 2 is 1.95 bits per heavy atom. The van der Waals surface area contributed by atoms with E-state index in [1.54, 1.807) is 11.3 Å². The molecular weight excluding hydrogens is 280 g/mol. The van der Waals surface area contributed by atoms with Crippen molar-refractivity contribution in [3.8, 4) is 0 Å². The highest BCUT2D eigenvalue weighted by atomic mass is 32.1. The predicted octanol–water partition coefficient (Wildman–Crippen LogP) is 4.06. The highest BCUT2D eigenvalue weighted by Crippen LogP contribution is 2.27. The van der Waals surface area contributed by atoms with Crippen LogP contribution in [0.3, 0.4) is 0 Å². The third kappa shape index (κ3) is 2.83. The van der Waals surface area contributed by atoms with Crippen LogP contribution in [0.5, 0.6) is 0 Å². The van der Waals surface area contributed by atoms with E-state index in [0.717, 1.165) is 33.1 Å². The van der Waals surface area contributed by atoms with Crippen LogP contribution in [-0.4, -0.2) is 9.97 Å². The first-order valence-corrected chi connectivity index (χ1v) is 7.71. The van der Waals surface area contributed by atoms with E-state index in [1.807, 2.05) is 44.2 Å². The van der Waals surface area contributed by atoms with Gasteiger partial charge in [-0.3, -0.25) is 0 Å². The molecule has 0 fully saturated rings. The minimum atomic E-state index is 0.190. The van der Waals surface area contributed by atoms with Crippen molar-refractivity contribution in [3.05, 3.63) is 45.9 Å². The van der Waals surface area contributed by atoms with E-state index in [1.165, 1.54) is 4.88 Å². The van der Waals surface area contributed by atoms with Gasteiger partial charge in [0.25, 0.3) is 0 Å². The van der Waals surface area contributed by atoms with E-state index in [4.69, 9.17) is 5.73 Å². The summed E-state index contributed by atoms with van der Waals surface area (Å²) in [6.45, 7) is 6.22. The first-order chi connectivity index (χ1) is 10.0. The molecule has 2 heterocycles. The van der Waals surface area contributed by atoms with Crippen LogP contribution in [-0.2, 0) is 0 Å². The number of pyridine rings is 1. The number of aryl methyl sites for hydroxylation is 2. The molecule has 1 aromatic carbocycles. The lowest BCUT2D eigenvalue weighted by Gasteiger charge is -2.14. The SMILES string of the molecule is Cc1nc(C)c(C(C)Nc2ccc3cc(N)ccc3n2)s1. The van der Waals surface area contributed by atoms with Gasteiger partial charge in [0.05, 0.1) is 22.3 Å². The van der Waals surface area contributed by atoms with Crippen LogP contribution < -0.4 is 11.1 Å². The van der Waals surface area contributed by atoms with Gasteiger partial charge >= 0.3 is 0 Å². The number of hydrogen-bond acceptors (Lipinski definition) is 5. The van der Waals surface area contributed by atoms with Crippen molar-refractivity contribution in [1.82, 2.24) is 9.97 Å². The van der Waals surface area contributed by atoms with Crippen LogP contribution in [0, 0.1) is 13.8 Å². The Bertz CT molecular complexity index is 794. The lowest BCUT2D eigenvalue weighted by Crippen LogP contribution is -2.07. The Labute approximate surface area is 128 Å². The third-order valence-electron chi connectivity index (χ3n) is 3.41. The zero-order valence-electron chi connectivity index (χ0n) is 12.3. The van der Waals surface area contributed by atoms with Crippen LogP contribution in [0.15, 0.2) is 30.3 Å². The van der Waals surface area contributed by atoms with Crippen LogP contribution >= 0.6 is 11.3 Å². The summed E-state index contributed by atoms with van der Waals surface area (Å²) in [6, 6.07) is 9.98. The number of anilines is 2. The van der Waals surface area contributed by atoms with Gasteiger partial charge in [-0.05, 0) is 51.1 Å². The zero-order chi connectivity index (χ0) is 15.0. The third-order valence-corrected chi connectivity index (χ3v) is 4.67. The molecule has 0 aliphatic heterocycles. The summed E-state index contributed by atoms with van der Waals surface area (Å²) in [5, 5.41) is 5.60. The highest BCUT2D eigenvalue weighted by Gasteiger charge is 2.13. The van der Waals surface area contributed by atoms with Gasteiger partial charge in [-0.2, -0.15) is 0 Å². The van der Waals surface area contributed by atoms with Crippen LogP contribution in [0.2, 0.25) is 0 Å². The van der Waals surface area contributed by atoms with Crippen molar-refractivity contribution in [2.75, 3.05) is 11.1 Å². The van der Waals surface area contributed by atoms with Gasteiger partial charge in [0.2, 0.25) is 0 Å². The molecule has 3 aromatic rings. The minimum absolute atomic E-state index is 0.190. The second kappa shape index (κ2) is 5.33. The number of nitrogens with one attached hydrogen (secondary N) is 1. The molecule has 0 spiro atoms. The molecule has 0 aliphatic carbocycles. The van der Waals surface area contributed by atoms with Crippen molar-refractivity contribution < 1.29 is 0 Å². The summed E-state index contributed by atoms with van der Waals surface area (Å²) in [5.74, 6) is 0.866. The molecule has 5 heteroatoms. The molecule has 2 aromatic heterocycles. The minimum Gasteiger partial charge on any atom is -0.399 e.